The highest BCUT2D eigenvalue weighted by Gasteiger charge is 2.47. The van der Waals surface area contributed by atoms with Gasteiger partial charge in [-0.2, -0.15) is 18.3 Å². The molecule has 0 aliphatic carbocycles. The topological polar surface area (TPSA) is 77.4 Å². The van der Waals surface area contributed by atoms with Crippen LogP contribution in [0.3, 0.4) is 0 Å². The van der Waals surface area contributed by atoms with E-state index in [9.17, 15) is 18.0 Å². The number of amides is 1. The van der Waals surface area contributed by atoms with Gasteiger partial charge in [-0.15, -0.1) is 0 Å². The third kappa shape index (κ3) is 4.09. The van der Waals surface area contributed by atoms with Crippen LogP contribution >= 0.6 is 0 Å². The molecule has 2 aliphatic rings. The van der Waals surface area contributed by atoms with Crippen LogP contribution in [0.2, 0.25) is 0 Å². The van der Waals surface area contributed by atoms with E-state index in [-0.39, 0.29) is 23.9 Å². The molecule has 3 atom stereocenters. The van der Waals surface area contributed by atoms with Gasteiger partial charge >= 0.3 is 6.18 Å². The molecule has 30 heavy (non-hydrogen) atoms. The monoisotopic (exact) mass is 424 g/mol. The van der Waals surface area contributed by atoms with Crippen molar-refractivity contribution in [2.75, 3.05) is 25.6 Å². The lowest BCUT2D eigenvalue weighted by atomic mass is 9.96. The molecule has 162 valence electrons. The lowest BCUT2D eigenvalue weighted by Gasteiger charge is -2.34. The summed E-state index contributed by atoms with van der Waals surface area (Å²) >= 11 is 0. The molecule has 0 bridgehead atoms. The Morgan fingerprint density at radius 2 is 2.27 bits per heavy atom. The number of methoxy groups -OCH3 is 1. The molecule has 0 saturated carbocycles. The highest BCUT2D eigenvalue weighted by atomic mass is 19.4. The molecule has 2 aromatic rings. The first-order valence-corrected chi connectivity index (χ1v) is 9.81. The molecule has 2 N–H and O–H groups in total. The van der Waals surface area contributed by atoms with Crippen LogP contribution in [0.25, 0.3) is 0 Å². The van der Waals surface area contributed by atoms with Gasteiger partial charge in [0.25, 0.3) is 5.91 Å². The predicted molar refractivity (Wildman–Crippen MR) is 103 cm³/mol. The van der Waals surface area contributed by atoms with Crippen molar-refractivity contribution in [3.05, 3.63) is 41.6 Å². The van der Waals surface area contributed by atoms with Gasteiger partial charge in [0, 0.05) is 19.6 Å². The molecule has 1 amide bonds. The number of carbonyl (C=O) groups is 1. The number of rotatable bonds is 5. The van der Waals surface area contributed by atoms with Crippen LogP contribution in [0.1, 0.15) is 47.3 Å². The maximum absolute atomic E-state index is 13.8. The number of benzene rings is 1. The van der Waals surface area contributed by atoms with Gasteiger partial charge in [0.1, 0.15) is 17.1 Å². The summed E-state index contributed by atoms with van der Waals surface area (Å²) in [6.07, 6.45) is -1.87. The minimum atomic E-state index is -4.51. The molecule has 0 spiro atoms. The molecule has 4 rings (SSSR count). The summed E-state index contributed by atoms with van der Waals surface area (Å²) in [5, 5.41) is 9.71. The summed E-state index contributed by atoms with van der Waals surface area (Å²) in [6.45, 7) is 0.965. The third-order valence-corrected chi connectivity index (χ3v) is 5.49. The van der Waals surface area contributed by atoms with Crippen LogP contribution in [0, 0.1) is 0 Å². The summed E-state index contributed by atoms with van der Waals surface area (Å²) in [5.74, 6) is 0.124. The summed E-state index contributed by atoms with van der Waals surface area (Å²) in [7, 11) is 1.50. The van der Waals surface area contributed by atoms with Gasteiger partial charge in [-0.25, -0.2) is 4.68 Å². The van der Waals surface area contributed by atoms with E-state index in [4.69, 9.17) is 9.47 Å². The number of fused-ring (bicyclic) bond motifs is 1. The molecule has 10 heteroatoms. The second-order valence-corrected chi connectivity index (χ2v) is 7.46. The van der Waals surface area contributed by atoms with E-state index < -0.39 is 24.2 Å². The Balaban J connectivity index is 1.61. The van der Waals surface area contributed by atoms with Crippen molar-refractivity contribution in [3.63, 3.8) is 0 Å². The minimum Gasteiger partial charge on any atom is -0.497 e. The van der Waals surface area contributed by atoms with E-state index >= 15 is 0 Å². The summed E-state index contributed by atoms with van der Waals surface area (Å²) in [6, 6.07) is 4.37. The Morgan fingerprint density at radius 1 is 1.43 bits per heavy atom. The van der Waals surface area contributed by atoms with Crippen molar-refractivity contribution >= 4 is 11.7 Å². The Kier molecular flexibility index (Phi) is 5.59. The first-order chi connectivity index (χ1) is 14.4. The molecule has 1 aromatic carbocycles. The second kappa shape index (κ2) is 8.17. The number of ether oxygens (including phenoxy) is 2. The number of aromatic nitrogens is 2. The van der Waals surface area contributed by atoms with E-state index in [2.05, 4.69) is 15.7 Å². The first-order valence-electron chi connectivity index (χ1n) is 9.81. The molecule has 1 aromatic heterocycles. The molecular weight excluding hydrogens is 401 g/mol. The van der Waals surface area contributed by atoms with E-state index in [1.54, 1.807) is 24.3 Å². The quantitative estimate of drug-likeness (QED) is 0.769. The standard InChI is InChI=1S/C20H23F3N4O3/c1-29-13-5-2-4-12(8-13)16-9-17(20(21,22)23)27-18(26-16)15(11-25-27)19(28)24-10-14-6-3-7-30-14/h2,4-5,8,11,14,16-17,26H,3,6-7,9-10H2,1H3,(H,24,28)/t14-,16-,17+/m1/s1. The number of anilines is 1. The number of hydrogen-bond donors (Lipinski definition) is 2. The lowest BCUT2D eigenvalue weighted by Crippen LogP contribution is -2.37. The van der Waals surface area contributed by atoms with Crippen molar-refractivity contribution < 1.29 is 27.4 Å². The highest BCUT2D eigenvalue weighted by molar-refractivity contribution is 5.98. The van der Waals surface area contributed by atoms with Gasteiger partial charge in [0.2, 0.25) is 0 Å². The van der Waals surface area contributed by atoms with Gasteiger partial charge in [-0.3, -0.25) is 4.79 Å². The number of alkyl halides is 3. The number of hydrogen-bond acceptors (Lipinski definition) is 5. The van der Waals surface area contributed by atoms with Crippen molar-refractivity contribution in [2.45, 2.75) is 43.6 Å². The van der Waals surface area contributed by atoms with E-state index in [0.717, 1.165) is 17.5 Å². The Hall–Kier alpha value is -2.75. The molecule has 7 nitrogen and oxygen atoms in total. The molecule has 0 unspecified atom stereocenters. The predicted octanol–water partition coefficient (Wildman–Crippen LogP) is 3.46. The van der Waals surface area contributed by atoms with E-state index in [1.807, 2.05) is 0 Å². The van der Waals surface area contributed by atoms with Gasteiger partial charge in [-0.1, -0.05) is 12.1 Å². The van der Waals surface area contributed by atoms with Crippen molar-refractivity contribution in [1.29, 1.82) is 0 Å². The van der Waals surface area contributed by atoms with Crippen LogP contribution < -0.4 is 15.4 Å². The molecule has 1 fully saturated rings. The number of carbonyl (C=O) groups excluding carboxylic acids is 1. The average molecular weight is 424 g/mol. The van der Waals surface area contributed by atoms with Crippen molar-refractivity contribution in [1.82, 2.24) is 15.1 Å². The maximum atomic E-state index is 13.8. The van der Waals surface area contributed by atoms with Crippen molar-refractivity contribution in [2.24, 2.45) is 0 Å². The van der Waals surface area contributed by atoms with E-state index in [1.165, 1.54) is 13.3 Å². The summed E-state index contributed by atoms with van der Waals surface area (Å²) in [4.78, 5) is 12.7. The molecular formula is C20H23F3N4O3. The number of nitrogens with zero attached hydrogens (tertiary/aromatic N) is 2. The minimum absolute atomic E-state index is 0.0567. The average Bonchev–Trinajstić information content (AvgIpc) is 3.40. The Bertz CT molecular complexity index is 909. The zero-order valence-electron chi connectivity index (χ0n) is 16.4. The van der Waals surface area contributed by atoms with E-state index in [0.29, 0.717) is 24.5 Å². The zero-order chi connectivity index (χ0) is 21.3. The highest BCUT2D eigenvalue weighted by Crippen LogP contribution is 2.44. The summed E-state index contributed by atoms with van der Waals surface area (Å²) in [5.41, 5.74) is 0.719. The number of nitrogens with one attached hydrogen (secondary N) is 2. The smallest absolute Gasteiger partial charge is 0.410 e. The first kappa shape index (κ1) is 20.5. The van der Waals surface area contributed by atoms with Crippen LogP contribution in [0.15, 0.2) is 30.5 Å². The normalized spacial score (nSPS) is 23.5. The third-order valence-electron chi connectivity index (χ3n) is 5.49. The maximum Gasteiger partial charge on any atom is 0.410 e. The van der Waals surface area contributed by atoms with Gasteiger partial charge < -0.3 is 20.1 Å². The molecule has 2 aliphatic heterocycles. The van der Waals surface area contributed by atoms with Gasteiger partial charge in [0.15, 0.2) is 6.04 Å². The fourth-order valence-corrected chi connectivity index (χ4v) is 3.91. The Labute approximate surface area is 171 Å². The lowest BCUT2D eigenvalue weighted by molar-refractivity contribution is -0.173. The Morgan fingerprint density at radius 3 is 2.97 bits per heavy atom. The molecule has 3 heterocycles. The van der Waals surface area contributed by atoms with Gasteiger partial charge in [-0.05, 0) is 30.5 Å². The van der Waals surface area contributed by atoms with Crippen LogP contribution in [0.4, 0.5) is 19.0 Å². The summed E-state index contributed by atoms with van der Waals surface area (Å²) < 4.78 is 52.9. The largest absolute Gasteiger partial charge is 0.497 e. The zero-order valence-corrected chi connectivity index (χ0v) is 16.4. The fraction of sp³-hybridized carbons (Fsp3) is 0.500. The van der Waals surface area contributed by atoms with Crippen molar-refractivity contribution in [3.8, 4) is 5.75 Å². The van der Waals surface area contributed by atoms with Crippen LogP contribution in [-0.2, 0) is 4.74 Å². The fourth-order valence-electron chi connectivity index (χ4n) is 3.91. The molecule has 0 radical (unpaired) electrons. The molecule has 1 saturated heterocycles. The van der Waals surface area contributed by atoms with Crippen LogP contribution in [-0.4, -0.2) is 48.2 Å². The van der Waals surface area contributed by atoms with Gasteiger partial charge in [0.05, 0.1) is 25.5 Å². The van der Waals surface area contributed by atoms with Crippen LogP contribution in [0.5, 0.6) is 5.75 Å². The SMILES string of the molecule is COc1cccc([C@H]2C[C@@H](C(F)(F)F)n3ncc(C(=O)NC[C@H]4CCCO4)c3N2)c1. The second-order valence-electron chi connectivity index (χ2n) is 7.46. The number of halogens is 3.